The first-order chi connectivity index (χ1) is 22.5. The van der Waals surface area contributed by atoms with E-state index in [1.54, 1.807) is 19.1 Å². The number of carbonyl (C=O) groups excluding carboxylic acids is 2. The van der Waals surface area contributed by atoms with Crippen LogP contribution in [0.4, 0.5) is 0 Å². The summed E-state index contributed by atoms with van der Waals surface area (Å²) in [5, 5.41) is 20.9. The fourth-order valence-corrected chi connectivity index (χ4v) is 9.36. The number of ketones is 2. The molecule has 15 atom stereocenters. The summed E-state index contributed by atoms with van der Waals surface area (Å²) in [7, 11) is 0. The third-order valence-corrected chi connectivity index (χ3v) is 12.4. The predicted molar refractivity (Wildman–Crippen MR) is 178 cm³/mol. The second-order valence-electron chi connectivity index (χ2n) is 16.2. The quantitative estimate of drug-likeness (QED) is 0.283. The van der Waals surface area contributed by atoms with Gasteiger partial charge < -0.3 is 33.9 Å². The van der Waals surface area contributed by atoms with Crippen molar-refractivity contribution in [2.24, 2.45) is 35.5 Å². The van der Waals surface area contributed by atoms with Crippen LogP contribution in [0.15, 0.2) is 12.2 Å². The zero-order valence-corrected chi connectivity index (χ0v) is 30.3. The molecule has 5 aliphatic rings. The van der Waals surface area contributed by atoms with Gasteiger partial charge in [0.25, 0.3) is 0 Å². The van der Waals surface area contributed by atoms with Crippen LogP contribution >= 0.6 is 0 Å². The molecule has 48 heavy (non-hydrogen) atoms. The summed E-state index contributed by atoms with van der Waals surface area (Å²) in [6.45, 7) is 15.9. The maximum Gasteiger partial charge on any atom is 0.305 e. The lowest BCUT2D eigenvalue weighted by Gasteiger charge is -2.52. The van der Waals surface area contributed by atoms with E-state index in [4.69, 9.17) is 23.7 Å². The summed E-state index contributed by atoms with van der Waals surface area (Å²) in [4.78, 5) is 39.1. The van der Waals surface area contributed by atoms with E-state index < -0.39 is 53.3 Å². The first-order valence-corrected chi connectivity index (χ1v) is 18.6. The summed E-state index contributed by atoms with van der Waals surface area (Å²) in [6, 6.07) is 0. The first-order valence-electron chi connectivity index (χ1n) is 18.6. The van der Waals surface area contributed by atoms with Crippen LogP contribution in [0.1, 0.15) is 120 Å². The van der Waals surface area contributed by atoms with Crippen molar-refractivity contribution in [2.45, 2.75) is 173 Å². The Morgan fingerprint density at radius 3 is 2.38 bits per heavy atom. The predicted octanol–water partition coefficient (Wildman–Crippen LogP) is 6.01. The number of rotatable bonds is 10. The van der Waals surface area contributed by atoms with Crippen molar-refractivity contribution in [3.05, 3.63) is 12.2 Å². The Labute approximate surface area is 286 Å². The van der Waals surface area contributed by atoms with Gasteiger partial charge in [0.05, 0.1) is 48.6 Å². The number of ether oxygens (including phenoxy) is 5. The summed E-state index contributed by atoms with van der Waals surface area (Å²) < 4.78 is 32.8. The van der Waals surface area contributed by atoms with Gasteiger partial charge in [-0.15, -0.1) is 0 Å². The fourth-order valence-electron chi connectivity index (χ4n) is 9.36. The van der Waals surface area contributed by atoms with Gasteiger partial charge in [-0.25, -0.2) is 0 Å². The first kappa shape index (κ1) is 37.6. The molecule has 4 fully saturated rings. The topological polar surface area (TPSA) is 138 Å². The van der Waals surface area contributed by atoms with Gasteiger partial charge in [0.1, 0.15) is 5.78 Å². The molecule has 2 N–H and O–H groups in total. The number of Topliss-reactive ketones (excluding diaryl/α,β-unsaturated/α-hetero) is 1. The van der Waals surface area contributed by atoms with E-state index in [1.165, 1.54) is 0 Å². The van der Waals surface area contributed by atoms with E-state index in [0.717, 1.165) is 32.1 Å². The summed E-state index contributed by atoms with van der Waals surface area (Å²) in [5.41, 5.74) is -0.668. The molecule has 0 aromatic rings. The SMILES string of the molecule is CCC(C(=O)[C@@H](C)[C@@H](O)[C@H](C)[C@@H]1O[C@@H](CC(=O)O)CC[C@@H]1C)[C@H]1O[C@]2(C=CC(=O)[C@]3(CC[C@@](C)([C@H]4CCC[C@H](C)O4)O3)O2)[C@H](C)C[C@@H]1C. The minimum absolute atomic E-state index is 0.0252. The van der Waals surface area contributed by atoms with Gasteiger partial charge in [0.2, 0.25) is 11.6 Å². The van der Waals surface area contributed by atoms with E-state index in [-0.39, 0.29) is 60.0 Å². The van der Waals surface area contributed by atoms with E-state index in [2.05, 4.69) is 27.7 Å². The standard InChI is InChI=1S/C38H60O10/c1-9-28(33(43)25(6)32(42)26(7)34-21(2)13-14-27(45-34)20-31(40)41)35-22(3)19-23(4)37(46-35)16-15-29(39)38(48-37)18-17-36(8,47-38)30-12-10-11-24(5)44-30/h15-16,21-28,30,32,34-35,42H,9-14,17-20H2,1-8H3,(H,40,41)/t21-,22-,23+,24-,25-,26-,27+,28?,30+,32+,34+,35-,36-,37-,38-/m0/s1. The maximum absolute atomic E-state index is 14.3. The number of hydrogen-bond donors (Lipinski definition) is 2. The van der Waals surface area contributed by atoms with Crippen LogP contribution in [0.25, 0.3) is 0 Å². The van der Waals surface area contributed by atoms with Crippen LogP contribution < -0.4 is 0 Å². The Hall–Kier alpha value is -1.69. The fraction of sp³-hybridized carbons (Fsp3) is 0.868. The number of carboxylic acid groups (broad SMARTS) is 1. The minimum atomic E-state index is -1.48. The van der Waals surface area contributed by atoms with Gasteiger partial charge in [-0.3, -0.25) is 14.4 Å². The second kappa shape index (κ2) is 14.5. The van der Waals surface area contributed by atoms with Crippen molar-refractivity contribution in [3.63, 3.8) is 0 Å². The third kappa shape index (κ3) is 7.22. The third-order valence-electron chi connectivity index (χ3n) is 12.4. The Bertz CT molecular complexity index is 1220. The van der Waals surface area contributed by atoms with E-state index in [0.29, 0.717) is 25.7 Å². The molecular weight excluding hydrogens is 616 g/mol. The Kier molecular flexibility index (Phi) is 11.4. The molecule has 2 spiro atoms. The van der Waals surface area contributed by atoms with Crippen LogP contribution in [0.5, 0.6) is 0 Å². The highest BCUT2D eigenvalue weighted by molar-refractivity contribution is 5.97. The smallest absolute Gasteiger partial charge is 0.305 e. The zero-order valence-electron chi connectivity index (χ0n) is 30.3. The Balaban J connectivity index is 1.32. The van der Waals surface area contributed by atoms with Crippen LogP contribution in [0.3, 0.4) is 0 Å². The molecule has 0 radical (unpaired) electrons. The van der Waals surface area contributed by atoms with Crippen molar-refractivity contribution in [2.75, 3.05) is 0 Å². The normalized spacial score (nSPS) is 44.4. The Morgan fingerprint density at radius 2 is 1.71 bits per heavy atom. The van der Waals surface area contributed by atoms with E-state index >= 15 is 0 Å². The average molecular weight is 677 g/mol. The lowest BCUT2D eigenvalue weighted by atomic mass is 9.72. The molecule has 4 saturated heterocycles. The molecule has 0 amide bonds. The highest BCUT2D eigenvalue weighted by Gasteiger charge is 2.62. The molecule has 1 unspecified atom stereocenters. The van der Waals surface area contributed by atoms with E-state index in [9.17, 15) is 24.6 Å². The van der Waals surface area contributed by atoms with Gasteiger partial charge >= 0.3 is 5.97 Å². The molecule has 10 heteroatoms. The van der Waals surface area contributed by atoms with E-state index in [1.807, 2.05) is 20.8 Å². The molecule has 5 rings (SSSR count). The number of aliphatic hydroxyl groups is 1. The van der Waals surface area contributed by atoms with Crippen LogP contribution in [-0.4, -0.2) is 81.5 Å². The second-order valence-corrected chi connectivity index (χ2v) is 16.2. The molecule has 0 aliphatic carbocycles. The average Bonchev–Trinajstić information content (AvgIpc) is 3.39. The van der Waals surface area contributed by atoms with Crippen LogP contribution in [-0.2, 0) is 38.1 Å². The molecule has 0 saturated carbocycles. The van der Waals surface area contributed by atoms with Crippen molar-refractivity contribution in [1.29, 1.82) is 0 Å². The van der Waals surface area contributed by atoms with Crippen LogP contribution in [0, 0.1) is 35.5 Å². The molecule has 0 bridgehead atoms. The summed E-state index contributed by atoms with van der Waals surface area (Å²) in [6.07, 6.45) is 7.62. The highest BCUT2D eigenvalue weighted by Crippen LogP contribution is 2.52. The number of carboxylic acids is 1. The van der Waals surface area contributed by atoms with Gasteiger partial charge in [0.15, 0.2) is 5.79 Å². The number of aliphatic hydroxyl groups excluding tert-OH is 1. The number of carbonyl (C=O) groups is 3. The summed E-state index contributed by atoms with van der Waals surface area (Å²) >= 11 is 0. The van der Waals surface area contributed by atoms with Crippen molar-refractivity contribution >= 4 is 17.5 Å². The van der Waals surface area contributed by atoms with Gasteiger partial charge in [-0.2, -0.15) is 0 Å². The van der Waals surface area contributed by atoms with Gasteiger partial charge in [0, 0.05) is 30.1 Å². The Morgan fingerprint density at radius 1 is 0.979 bits per heavy atom. The molecule has 0 aromatic heterocycles. The molecule has 0 aromatic carbocycles. The molecule has 5 heterocycles. The van der Waals surface area contributed by atoms with Crippen molar-refractivity contribution in [3.8, 4) is 0 Å². The van der Waals surface area contributed by atoms with Gasteiger partial charge in [-0.1, -0.05) is 41.5 Å². The lowest BCUT2D eigenvalue weighted by molar-refractivity contribution is -0.377. The molecule has 10 nitrogen and oxygen atoms in total. The monoisotopic (exact) mass is 676 g/mol. The maximum atomic E-state index is 14.3. The highest BCUT2D eigenvalue weighted by atomic mass is 16.8. The summed E-state index contributed by atoms with van der Waals surface area (Å²) in [5.74, 6) is -5.47. The van der Waals surface area contributed by atoms with Crippen LogP contribution in [0.2, 0.25) is 0 Å². The number of aliphatic carboxylic acids is 1. The lowest BCUT2D eigenvalue weighted by Crippen LogP contribution is -2.61. The largest absolute Gasteiger partial charge is 0.481 e. The molecule has 5 aliphatic heterocycles. The minimum Gasteiger partial charge on any atom is -0.481 e. The zero-order chi connectivity index (χ0) is 35.2. The van der Waals surface area contributed by atoms with Crippen molar-refractivity contribution in [1.82, 2.24) is 0 Å². The molecule has 272 valence electrons. The van der Waals surface area contributed by atoms with Crippen molar-refractivity contribution < 1.29 is 48.3 Å². The molecular formula is C38H60O10. The number of hydrogen-bond acceptors (Lipinski definition) is 9. The van der Waals surface area contributed by atoms with Gasteiger partial charge in [-0.05, 0) is 89.2 Å².